The minimum Gasteiger partial charge on any atom is -0.376 e. The van der Waals surface area contributed by atoms with Crippen LogP contribution in [-0.4, -0.2) is 46.1 Å². The van der Waals surface area contributed by atoms with E-state index in [1.807, 2.05) is 0 Å². The topological polar surface area (TPSA) is 88.1 Å². The number of hydrogen-bond acceptors (Lipinski definition) is 6. The van der Waals surface area contributed by atoms with Crippen LogP contribution in [0.4, 0.5) is 5.95 Å². The van der Waals surface area contributed by atoms with Gasteiger partial charge in [0.2, 0.25) is 5.95 Å². The van der Waals surface area contributed by atoms with Gasteiger partial charge in [0.1, 0.15) is 6.10 Å². The molecule has 0 bridgehead atoms. The number of anilines is 1. The van der Waals surface area contributed by atoms with Crippen LogP contribution >= 0.6 is 0 Å². The van der Waals surface area contributed by atoms with Crippen molar-refractivity contribution in [2.75, 3.05) is 25.6 Å². The molecule has 2 N–H and O–H groups in total. The number of nitrogens with zero attached hydrogens (tertiary/aromatic N) is 4. The molecule has 1 atom stereocenters. The zero-order valence-corrected chi connectivity index (χ0v) is 7.09. The molecule has 1 saturated heterocycles. The molecule has 7 nitrogen and oxygen atoms in total. The minimum absolute atomic E-state index is 0.000417. The Hall–Kier alpha value is -1.21. The molecule has 0 saturated carbocycles. The molecule has 0 aliphatic carbocycles. The van der Waals surface area contributed by atoms with Crippen molar-refractivity contribution in [1.29, 1.82) is 0 Å². The number of hydrogen-bond donors (Lipinski definition) is 1. The fourth-order valence-electron chi connectivity index (χ4n) is 1.18. The smallest absolute Gasteiger partial charge is 0.240 e. The van der Waals surface area contributed by atoms with Crippen LogP contribution in [0.5, 0.6) is 0 Å². The zero-order valence-electron chi connectivity index (χ0n) is 7.09. The average Bonchev–Trinajstić information content (AvgIpc) is 2.54. The Morgan fingerprint density at radius 1 is 1.54 bits per heavy atom. The third-order valence-corrected chi connectivity index (χ3v) is 1.82. The number of aromatic nitrogens is 4. The Labute approximate surface area is 74.8 Å². The average molecular weight is 185 g/mol. The van der Waals surface area contributed by atoms with Crippen LogP contribution in [0.1, 0.15) is 0 Å². The third-order valence-electron chi connectivity index (χ3n) is 1.82. The van der Waals surface area contributed by atoms with Gasteiger partial charge in [0, 0.05) is 0 Å². The van der Waals surface area contributed by atoms with E-state index in [0.29, 0.717) is 32.3 Å². The van der Waals surface area contributed by atoms with Gasteiger partial charge >= 0.3 is 0 Å². The van der Waals surface area contributed by atoms with E-state index in [4.69, 9.17) is 15.2 Å². The molecule has 72 valence electrons. The van der Waals surface area contributed by atoms with E-state index in [-0.39, 0.29) is 6.10 Å². The van der Waals surface area contributed by atoms with Crippen molar-refractivity contribution in [3.63, 3.8) is 0 Å². The van der Waals surface area contributed by atoms with E-state index in [0.717, 1.165) is 0 Å². The van der Waals surface area contributed by atoms with E-state index in [1.54, 1.807) is 0 Å². The largest absolute Gasteiger partial charge is 0.376 e. The van der Waals surface area contributed by atoms with Crippen molar-refractivity contribution in [2.45, 2.75) is 12.6 Å². The SMILES string of the molecule is Nc1nnnn1CC1COCCO1. The predicted octanol–water partition coefficient (Wildman–Crippen LogP) is -1.33. The zero-order chi connectivity index (χ0) is 9.10. The molecule has 0 aromatic carbocycles. The second-order valence-corrected chi connectivity index (χ2v) is 2.79. The van der Waals surface area contributed by atoms with Gasteiger partial charge in [0.05, 0.1) is 26.4 Å². The number of tetrazole rings is 1. The van der Waals surface area contributed by atoms with E-state index in [1.165, 1.54) is 4.68 Å². The highest BCUT2D eigenvalue weighted by atomic mass is 16.6. The summed E-state index contributed by atoms with van der Waals surface area (Å²) in [7, 11) is 0. The lowest BCUT2D eigenvalue weighted by atomic mass is 10.3. The normalized spacial score (nSPS) is 23.2. The van der Waals surface area contributed by atoms with Gasteiger partial charge in [-0.2, -0.15) is 0 Å². The van der Waals surface area contributed by atoms with Crippen LogP contribution in [0.2, 0.25) is 0 Å². The lowest BCUT2D eigenvalue weighted by Gasteiger charge is -2.22. The van der Waals surface area contributed by atoms with Gasteiger partial charge in [0.15, 0.2) is 0 Å². The molecule has 0 amide bonds. The van der Waals surface area contributed by atoms with Crippen molar-refractivity contribution < 1.29 is 9.47 Å². The Kier molecular flexibility index (Phi) is 2.37. The molecule has 0 spiro atoms. The van der Waals surface area contributed by atoms with Gasteiger partial charge in [-0.15, -0.1) is 0 Å². The monoisotopic (exact) mass is 185 g/mol. The maximum Gasteiger partial charge on any atom is 0.240 e. The van der Waals surface area contributed by atoms with E-state index in [9.17, 15) is 0 Å². The molecule has 2 rings (SSSR count). The van der Waals surface area contributed by atoms with Crippen molar-refractivity contribution >= 4 is 5.95 Å². The first-order valence-corrected chi connectivity index (χ1v) is 4.07. The molecule has 1 aliphatic heterocycles. The fraction of sp³-hybridized carbons (Fsp3) is 0.833. The summed E-state index contributed by atoms with van der Waals surface area (Å²) in [4.78, 5) is 0. The second kappa shape index (κ2) is 3.67. The molecule has 1 aromatic rings. The molecule has 0 radical (unpaired) electrons. The summed E-state index contributed by atoms with van der Waals surface area (Å²) in [5.74, 6) is 0.300. The molecule has 1 fully saturated rings. The van der Waals surface area contributed by atoms with Crippen LogP contribution in [0.25, 0.3) is 0 Å². The van der Waals surface area contributed by atoms with Gasteiger partial charge in [-0.25, -0.2) is 4.68 Å². The van der Waals surface area contributed by atoms with Gasteiger partial charge in [0.25, 0.3) is 0 Å². The van der Waals surface area contributed by atoms with E-state index in [2.05, 4.69) is 15.5 Å². The van der Waals surface area contributed by atoms with Gasteiger partial charge < -0.3 is 15.2 Å². The lowest BCUT2D eigenvalue weighted by Crippen LogP contribution is -2.32. The molecule has 1 aliphatic rings. The Bertz CT molecular complexity index is 270. The Morgan fingerprint density at radius 3 is 3.08 bits per heavy atom. The van der Waals surface area contributed by atoms with Crippen LogP contribution in [-0.2, 0) is 16.0 Å². The van der Waals surface area contributed by atoms with Crippen molar-refractivity contribution in [2.24, 2.45) is 0 Å². The Morgan fingerprint density at radius 2 is 2.46 bits per heavy atom. The van der Waals surface area contributed by atoms with Gasteiger partial charge in [-0.3, -0.25) is 0 Å². The summed E-state index contributed by atoms with van der Waals surface area (Å²) in [6, 6.07) is 0. The summed E-state index contributed by atoms with van der Waals surface area (Å²) >= 11 is 0. The first-order valence-electron chi connectivity index (χ1n) is 4.07. The summed E-state index contributed by atoms with van der Waals surface area (Å²) in [6.07, 6.45) is -0.000417. The van der Waals surface area contributed by atoms with Crippen molar-refractivity contribution in [3.05, 3.63) is 0 Å². The first kappa shape index (κ1) is 8.39. The number of nitrogen functional groups attached to an aromatic ring is 1. The maximum atomic E-state index is 5.49. The fourth-order valence-corrected chi connectivity index (χ4v) is 1.18. The maximum absolute atomic E-state index is 5.49. The molecule has 1 unspecified atom stereocenters. The highest BCUT2D eigenvalue weighted by Crippen LogP contribution is 2.04. The highest BCUT2D eigenvalue weighted by molar-refractivity contribution is 5.09. The minimum atomic E-state index is -0.000417. The second-order valence-electron chi connectivity index (χ2n) is 2.79. The summed E-state index contributed by atoms with van der Waals surface area (Å²) < 4.78 is 12.1. The van der Waals surface area contributed by atoms with Crippen molar-refractivity contribution in [1.82, 2.24) is 20.2 Å². The number of rotatable bonds is 2. The summed E-state index contributed by atoms with van der Waals surface area (Å²) in [5, 5.41) is 10.7. The van der Waals surface area contributed by atoms with Crippen LogP contribution in [0, 0.1) is 0 Å². The number of ether oxygens (including phenoxy) is 2. The molecule has 1 aromatic heterocycles. The van der Waals surface area contributed by atoms with Crippen LogP contribution in [0.3, 0.4) is 0 Å². The van der Waals surface area contributed by atoms with Crippen LogP contribution < -0.4 is 5.73 Å². The van der Waals surface area contributed by atoms with Crippen LogP contribution in [0.15, 0.2) is 0 Å². The quantitative estimate of drug-likeness (QED) is 0.614. The third kappa shape index (κ3) is 1.93. The molecular weight excluding hydrogens is 174 g/mol. The van der Waals surface area contributed by atoms with E-state index >= 15 is 0 Å². The van der Waals surface area contributed by atoms with Gasteiger partial charge in [-0.05, 0) is 10.4 Å². The van der Waals surface area contributed by atoms with E-state index < -0.39 is 0 Å². The lowest BCUT2D eigenvalue weighted by molar-refractivity contribution is -0.0945. The van der Waals surface area contributed by atoms with Crippen molar-refractivity contribution in [3.8, 4) is 0 Å². The predicted molar refractivity (Wildman–Crippen MR) is 42.8 cm³/mol. The molecule has 13 heavy (non-hydrogen) atoms. The number of nitrogens with two attached hydrogens (primary N) is 1. The highest BCUT2D eigenvalue weighted by Gasteiger charge is 2.16. The summed E-state index contributed by atoms with van der Waals surface area (Å²) in [5.41, 5.74) is 5.49. The standard InChI is InChI=1S/C6H11N5O2/c7-6-8-9-10-11(6)3-5-4-12-1-2-13-5/h5H,1-4H2,(H2,7,8,10). The molecular formula is C6H11N5O2. The van der Waals surface area contributed by atoms with Gasteiger partial charge in [-0.1, -0.05) is 5.10 Å². The molecule has 7 heteroatoms. The summed E-state index contributed by atoms with van der Waals surface area (Å²) in [6.45, 7) is 2.38. The Balaban J connectivity index is 1.93. The first-order chi connectivity index (χ1) is 6.36. The molecule has 2 heterocycles.